The molecule has 1 heterocycles. The van der Waals surface area contributed by atoms with Gasteiger partial charge in [-0.2, -0.15) is 0 Å². The fourth-order valence-corrected chi connectivity index (χ4v) is 3.36. The Balaban J connectivity index is 1.81. The van der Waals surface area contributed by atoms with E-state index in [2.05, 4.69) is 5.32 Å². The number of imide groups is 1. The van der Waals surface area contributed by atoms with Crippen molar-refractivity contribution in [3.05, 3.63) is 41.3 Å². The summed E-state index contributed by atoms with van der Waals surface area (Å²) in [6.07, 6.45) is 0. The van der Waals surface area contributed by atoms with Crippen LogP contribution >= 0.6 is 11.3 Å². The maximum atomic E-state index is 11.8. The lowest BCUT2D eigenvalue weighted by molar-refractivity contribution is -0.123. The van der Waals surface area contributed by atoms with Gasteiger partial charge in [-0.15, -0.1) is 11.3 Å². The highest BCUT2D eigenvalue weighted by molar-refractivity contribution is 7.91. The molecule has 0 fully saturated rings. The van der Waals surface area contributed by atoms with E-state index >= 15 is 0 Å². The molecule has 27 heavy (non-hydrogen) atoms. The number of anilines is 1. The number of nitrogens with one attached hydrogen (secondary N) is 2. The number of benzene rings is 1. The van der Waals surface area contributed by atoms with E-state index in [4.69, 9.17) is 14.6 Å². The summed E-state index contributed by atoms with van der Waals surface area (Å²) in [6.45, 7) is -0.727. The molecule has 1 aromatic carbocycles. The van der Waals surface area contributed by atoms with Gasteiger partial charge < -0.3 is 14.8 Å². The maximum Gasteiger partial charge on any atom is 0.339 e. The monoisotopic (exact) mass is 413 g/mol. The van der Waals surface area contributed by atoms with Crippen molar-refractivity contribution in [2.75, 3.05) is 19.0 Å². The fraction of sp³-hybridized carbons (Fsp3) is 0.133. The standard InChI is InChI=1S/C15H15N3O7S2/c1-24-11-4-2-10(3-5-11)17-15(21)18-12(19)7-25-14(20)9-6-13(26-8-9)27(16,22)23/h2-6,8H,7H2,1H3,(H2,16,22,23)(H2,17,18,19,21). The molecule has 2 aromatic rings. The van der Waals surface area contributed by atoms with Gasteiger partial charge in [0.05, 0.1) is 12.7 Å². The molecule has 144 valence electrons. The van der Waals surface area contributed by atoms with Crippen LogP contribution < -0.4 is 20.5 Å². The molecule has 0 aliphatic carbocycles. The number of carbonyl (C=O) groups excluding carboxylic acids is 3. The minimum absolute atomic E-state index is 0.0699. The Morgan fingerprint density at radius 1 is 1.19 bits per heavy atom. The highest BCUT2D eigenvalue weighted by atomic mass is 32.2. The number of esters is 1. The Morgan fingerprint density at radius 3 is 2.41 bits per heavy atom. The van der Waals surface area contributed by atoms with Crippen LogP contribution in [-0.4, -0.2) is 40.0 Å². The molecule has 0 saturated heterocycles. The van der Waals surface area contributed by atoms with E-state index in [1.54, 1.807) is 24.3 Å². The molecule has 0 atom stereocenters. The molecule has 0 unspecified atom stereocenters. The number of primary sulfonamides is 1. The summed E-state index contributed by atoms with van der Waals surface area (Å²) in [5.41, 5.74) is 0.353. The molecule has 0 spiro atoms. The van der Waals surface area contributed by atoms with Gasteiger partial charge in [0.15, 0.2) is 6.61 Å². The number of methoxy groups -OCH3 is 1. The zero-order valence-electron chi connectivity index (χ0n) is 13.9. The Labute approximate surface area is 158 Å². The van der Waals surface area contributed by atoms with Gasteiger partial charge >= 0.3 is 12.0 Å². The minimum Gasteiger partial charge on any atom is -0.497 e. The van der Waals surface area contributed by atoms with Gasteiger partial charge in [0.1, 0.15) is 9.96 Å². The number of amides is 3. The van der Waals surface area contributed by atoms with Crippen molar-refractivity contribution in [1.82, 2.24) is 5.32 Å². The average Bonchev–Trinajstić information content (AvgIpc) is 3.11. The van der Waals surface area contributed by atoms with E-state index in [0.29, 0.717) is 11.4 Å². The van der Waals surface area contributed by atoms with Gasteiger partial charge in [-0.05, 0) is 30.3 Å². The molecule has 4 N–H and O–H groups in total. The Hall–Kier alpha value is -2.96. The molecule has 2 rings (SSSR count). The summed E-state index contributed by atoms with van der Waals surface area (Å²) in [6, 6.07) is 6.61. The molecule has 0 saturated carbocycles. The molecule has 0 aliphatic rings. The van der Waals surface area contributed by atoms with Gasteiger partial charge in [0, 0.05) is 11.1 Å². The van der Waals surface area contributed by atoms with Crippen LogP contribution in [0, 0.1) is 0 Å². The zero-order chi connectivity index (χ0) is 20.0. The number of rotatable bonds is 6. The highest BCUT2D eigenvalue weighted by Crippen LogP contribution is 2.19. The normalized spacial score (nSPS) is 10.7. The molecule has 0 aliphatic heterocycles. The molecule has 1 aromatic heterocycles. The van der Waals surface area contributed by atoms with Crippen molar-refractivity contribution in [3.63, 3.8) is 0 Å². The van der Waals surface area contributed by atoms with Gasteiger partial charge in [0.25, 0.3) is 5.91 Å². The lowest BCUT2D eigenvalue weighted by Crippen LogP contribution is -2.37. The minimum atomic E-state index is -3.93. The summed E-state index contributed by atoms with van der Waals surface area (Å²) in [5.74, 6) is -1.19. The van der Waals surface area contributed by atoms with Crippen LogP contribution in [0.1, 0.15) is 10.4 Å². The van der Waals surface area contributed by atoms with Crippen molar-refractivity contribution in [2.24, 2.45) is 5.14 Å². The summed E-state index contributed by atoms with van der Waals surface area (Å²) in [5, 5.41) is 10.6. The second kappa shape index (κ2) is 8.62. The number of thiophene rings is 1. The van der Waals surface area contributed by atoms with Crippen molar-refractivity contribution in [2.45, 2.75) is 4.21 Å². The fourth-order valence-electron chi connectivity index (χ4n) is 1.79. The van der Waals surface area contributed by atoms with Gasteiger partial charge in [-0.3, -0.25) is 10.1 Å². The summed E-state index contributed by atoms with van der Waals surface area (Å²) >= 11 is 0.746. The predicted molar refractivity (Wildman–Crippen MR) is 96.1 cm³/mol. The van der Waals surface area contributed by atoms with Gasteiger partial charge in [-0.25, -0.2) is 23.1 Å². The third-order valence-corrected chi connectivity index (χ3v) is 5.41. The van der Waals surface area contributed by atoms with Gasteiger partial charge in [0.2, 0.25) is 10.0 Å². The molecule has 0 bridgehead atoms. The smallest absolute Gasteiger partial charge is 0.339 e. The van der Waals surface area contributed by atoms with Crippen molar-refractivity contribution >= 4 is 45.0 Å². The first-order valence-corrected chi connectivity index (χ1v) is 9.65. The third-order valence-electron chi connectivity index (χ3n) is 3.03. The van der Waals surface area contributed by atoms with E-state index in [-0.39, 0.29) is 9.77 Å². The van der Waals surface area contributed by atoms with Crippen LogP contribution in [0.15, 0.2) is 39.9 Å². The summed E-state index contributed by atoms with van der Waals surface area (Å²) in [4.78, 5) is 35.2. The SMILES string of the molecule is COc1ccc(NC(=O)NC(=O)COC(=O)c2csc(S(N)(=O)=O)c2)cc1. The third kappa shape index (κ3) is 6.06. The molecular weight excluding hydrogens is 398 g/mol. The first-order chi connectivity index (χ1) is 12.7. The molecule has 0 radical (unpaired) electrons. The largest absolute Gasteiger partial charge is 0.497 e. The Bertz CT molecular complexity index is 952. The highest BCUT2D eigenvalue weighted by Gasteiger charge is 2.17. The van der Waals surface area contributed by atoms with Crippen molar-refractivity contribution < 1.29 is 32.3 Å². The average molecular weight is 413 g/mol. The van der Waals surface area contributed by atoms with Crippen LogP contribution in [0.2, 0.25) is 0 Å². The number of hydrogen-bond acceptors (Lipinski definition) is 8. The number of carbonyl (C=O) groups is 3. The Morgan fingerprint density at radius 2 is 1.85 bits per heavy atom. The van der Waals surface area contributed by atoms with E-state index in [1.165, 1.54) is 12.5 Å². The predicted octanol–water partition coefficient (Wildman–Crippen LogP) is 0.909. The number of urea groups is 1. The van der Waals surface area contributed by atoms with E-state index in [9.17, 15) is 22.8 Å². The van der Waals surface area contributed by atoms with Crippen LogP contribution in [0.5, 0.6) is 5.75 Å². The topological polar surface area (TPSA) is 154 Å². The van der Waals surface area contributed by atoms with E-state index in [1.807, 2.05) is 5.32 Å². The maximum absolute atomic E-state index is 11.8. The number of nitrogens with two attached hydrogens (primary N) is 1. The lowest BCUT2D eigenvalue weighted by Gasteiger charge is -2.08. The van der Waals surface area contributed by atoms with Crippen LogP contribution in [0.3, 0.4) is 0 Å². The first-order valence-electron chi connectivity index (χ1n) is 7.22. The number of hydrogen-bond donors (Lipinski definition) is 3. The molecule has 3 amide bonds. The van der Waals surface area contributed by atoms with Crippen LogP contribution in [0.4, 0.5) is 10.5 Å². The summed E-state index contributed by atoms with van der Waals surface area (Å²) < 4.78 is 31.8. The lowest BCUT2D eigenvalue weighted by atomic mass is 10.3. The summed E-state index contributed by atoms with van der Waals surface area (Å²) in [7, 11) is -2.43. The van der Waals surface area contributed by atoms with E-state index < -0.39 is 34.5 Å². The molecule has 10 nitrogen and oxygen atoms in total. The van der Waals surface area contributed by atoms with Crippen molar-refractivity contribution in [3.8, 4) is 5.75 Å². The van der Waals surface area contributed by atoms with Crippen LogP contribution in [0.25, 0.3) is 0 Å². The molecule has 12 heteroatoms. The zero-order valence-corrected chi connectivity index (χ0v) is 15.6. The van der Waals surface area contributed by atoms with Crippen molar-refractivity contribution in [1.29, 1.82) is 0 Å². The quantitative estimate of drug-likeness (QED) is 0.595. The number of ether oxygens (including phenoxy) is 2. The number of sulfonamides is 1. The van der Waals surface area contributed by atoms with E-state index in [0.717, 1.165) is 17.4 Å². The van der Waals surface area contributed by atoms with Crippen LogP contribution in [-0.2, 0) is 19.6 Å². The van der Waals surface area contributed by atoms with Gasteiger partial charge in [-0.1, -0.05) is 0 Å². The molecular formula is C15H15N3O7S2. The second-order valence-corrected chi connectivity index (χ2v) is 7.71. The first kappa shape index (κ1) is 20.4. The second-order valence-electron chi connectivity index (χ2n) is 5.01. The Kier molecular flexibility index (Phi) is 6.50.